The Balaban J connectivity index is 1.98. The van der Waals surface area contributed by atoms with Crippen molar-refractivity contribution in [2.75, 3.05) is 6.54 Å². The van der Waals surface area contributed by atoms with E-state index in [0.29, 0.717) is 12.1 Å². The molecule has 2 rings (SSSR count). The minimum atomic E-state index is 0.413. The smallest absolute Gasteiger partial charge is 0.0537 e. The molecule has 1 fully saturated rings. The lowest BCUT2D eigenvalue weighted by molar-refractivity contribution is 0.274. The summed E-state index contributed by atoms with van der Waals surface area (Å²) in [7, 11) is 0. The molecule has 1 aromatic heterocycles. The standard InChI is InChI=1S/C14H25N3/c1-4-15-12(3)13-9-16-17(10-13)14-7-5-11(2)6-8-14/h9-12,14-15H,4-8H2,1-3H3. The van der Waals surface area contributed by atoms with Gasteiger partial charge in [-0.05, 0) is 45.1 Å². The van der Waals surface area contributed by atoms with Crippen LogP contribution < -0.4 is 5.32 Å². The highest BCUT2D eigenvalue weighted by atomic mass is 15.3. The molecule has 1 N–H and O–H groups in total. The SMILES string of the molecule is CCNC(C)c1cnn(C2CCC(C)CC2)c1. The Labute approximate surface area is 105 Å². The molecule has 0 bridgehead atoms. The molecule has 0 saturated heterocycles. The van der Waals surface area contributed by atoms with Crippen molar-refractivity contribution in [3.63, 3.8) is 0 Å². The Morgan fingerprint density at radius 3 is 2.76 bits per heavy atom. The Kier molecular flexibility index (Phi) is 4.21. The Morgan fingerprint density at radius 1 is 1.41 bits per heavy atom. The van der Waals surface area contributed by atoms with Crippen LogP contribution in [-0.4, -0.2) is 16.3 Å². The summed E-state index contributed by atoms with van der Waals surface area (Å²) in [5.41, 5.74) is 1.31. The fourth-order valence-corrected chi connectivity index (χ4v) is 2.71. The first-order valence-electron chi connectivity index (χ1n) is 6.98. The molecule has 0 aliphatic heterocycles. The predicted molar refractivity (Wildman–Crippen MR) is 71.0 cm³/mol. The summed E-state index contributed by atoms with van der Waals surface area (Å²) in [5.74, 6) is 0.905. The van der Waals surface area contributed by atoms with E-state index in [4.69, 9.17) is 0 Å². The van der Waals surface area contributed by atoms with E-state index in [2.05, 4.69) is 42.1 Å². The van der Waals surface area contributed by atoms with Crippen LogP contribution in [0.5, 0.6) is 0 Å². The number of hydrogen-bond donors (Lipinski definition) is 1. The fraction of sp³-hybridized carbons (Fsp3) is 0.786. The molecule has 1 heterocycles. The average molecular weight is 235 g/mol. The van der Waals surface area contributed by atoms with Gasteiger partial charge in [-0.2, -0.15) is 5.10 Å². The van der Waals surface area contributed by atoms with Crippen molar-refractivity contribution in [3.8, 4) is 0 Å². The zero-order valence-electron chi connectivity index (χ0n) is 11.3. The number of hydrogen-bond acceptors (Lipinski definition) is 2. The average Bonchev–Trinajstić information content (AvgIpc) is 2.80. The molecular formula is C14H25N3. The second-order valence-electron chi connectivity index (χ2n) is 5.45. The molecule has 3 nitrogen and oxygen atoms in total. The van der Waals surface area contributed by atoms with E-state index in [1.165, 1.54) is 31.2 Å². The molecule has 0 radical (unpaired) electrons. The largest absolute Gasteiger partial charge is 0.310 e. The first-order valence-corrected chi connectivity index (χ1v) is 6.98. The van der Waals surface area contributed by atoms with Gasteiger partial charge in [0, 0.05) is 17.8 Å². The van der Waals surface area contributed by atoms with E-state index < -0.39 is 0 Å². The van der Waals surface area contributed by atoms with Crippen LogP contribution in [0.4, 0.5) is 0 Å². The molecule has 0 spiro atoms. The van der Waals surface area contributed by atoms with Gasteiger partial charge in [0.15, 0.2) is 0 Å². The summed E-state index contributed by atoms with van der Waals surface area (Å²) < 4.78 is 2.19. The Morgan fingerprint density at radius 2 is 2.12 bits per heavy atom. The second kappa shape index (κ2) is 5.67. The van der Waals surface area contributed by atoms with Gasteiger partial charge in [0.05, 0.1) is 12.2 Å². The minimum absolute atomic E-state index is 0.413. The summed E-state index contributed by atoms with van der Waals surface area (Å²) in [6.07, 6.45) is 9.53. The van der Waals surface area contributed by atoms with Crippen LogP contribution in [0.3, 0.4) is 0 Å². The van der Waals surface area contributed by atoms with Crippen LogP contribution in [0, 0.1) is 5.92 Å². The van der Waals surface area contributed by atoms with E-state index in [1.807, 2.05) is 6.20 Å². The van der Waals surface area contributed by atoms with E-state index >= 15 is 0 Å². The van der Waals surface area contributed by atoms with Crippen LogP contribution in [0.15, 0.2) is 12.4 Å². The van der Waals surface area contributed by atoms with Gasteiger partial charge in [-0.1, -0.05) is 13.8 Å². The number of nitrogens with zero attached hydrogens (tertiary/aromatic N) is 2. The van der Waals surface area contributed by atoms with Crippen molar-refractivity contribution in [2.45, 2.75) is 58.5 Å². The monoisotopic (exact) mass is 235 g/mol. The molecule has 1 saturated carbocycles. The highest BCUT2D eigenvalue weighted by Crippen LogP contribution is 2.31. The first-order chi connectivity index (χ1) is 8.20. The van der Waals surface area contributed by atoms with Crippen LogP contribution in [0.1, 0.15) is 64.1 Å². The molecule has 96 valence electrons. The maximum atomic E-state index is 4.54. The normalized spacial score (nSPS) is 27.0. The lowest BCUT2D eigenvalue weighted by atomic mass is 9.87. The summed E-state index contributed by atoms with van der Waals surface area (Å²) in [4.78, 5) is 0. The summed E-state index contributed by atoms with van der Waals surface area (Å²) in [5, 5.41) is 7.98. The second-order valence-corrected chi connectivity index (χ2v) is 5.45. The molecule has 17 heavy (non-hydrogen) atoms. The van der Waals surface area contributed by atoms with Crippen molar-refractivity contribution in [1.82, 2.24) is 15.1 Å². The van der Waals surface area contributed by atoms with Crippen molar-refractivity contribution < 1.29 is 0 Å². The third-order valence-corrected chi connectivity index (χ3v) is 3.99. The van der Waals surface area contributed by atoms with Crippen LogP contribution in [0.25, 0.3) is 0 Å². The van der Waals surface area contributed by atoms with Crippen molar-refractivity contribution in [1.29, 1.82) is 0 Å². The molecule has 1 aliphatic rings. The molecule has 1 aromatic rings. The van der Waals surface area contributed by atoms with E-state index in [9.17, 15) is 0 Å². The van der Waals surface area contributed by atoms with Gasteiger partial charge in [-0.3, -0.25) is 4.68 Å². The van der Waals surface area contributed by atoms with E-state index in [1.54, 1.807) is 0 Å². The quantitative estimate of drug-likeness (QED) is 0.867. The zero-order valence-corrected chi connectivity index (χ0v) is 11.3. The topological polar surface area (TPSA) is 29.9 Å². The zero-order chi connectivity index (χ0) is 12.3. The van der Waals surface area contributed by atoms with Gasteiger partial charge in [0.1, 0.15) is 0 Å². The fourth-order valence-electron chi connectivity index (χ4n) is 2.71. The number of rotatable bonds is 4. The minimum Gasteiger partial charge on any atom is -0.310 e. The first kappa shape index (κ1) is 12.6. The highest BCUT2D eigenvalue weighted by molar-refractivity contribution is 5.09. The van der Waals surface area contributed by atoms with Gasteiger partial charge in [0.2, 0.25) is 0 Å². The lowest BCUT2D eigenvalue weighted by Gasteiger charge is -2.26. The molecule has 1 atom stereocenters. The number of nitrogens with one attached hydrogen (secondary N) is 1. The summed E-state index contributed by atoms with van der Waals surface area (Å²) in [6, 6.07) is 1.05. The Hall–Kier alpha value is -0.830. The van der Waals surface area contributed by atoms with Gasteiger partial charge < -0.3 is 5.32 Å². The Bertz CT molecular complexity index is 337. The van der Waals surface area contributed by atoms with Gasteiger partial charge in [0.25, 0.3) is 0 Å². The molecule has 1 aliphatic carbocycles. The molecule has 1 unspecified atom stereocenters. The third kappa shape index (κ3) is 3.09. The maximum absolute atomic E-state index is 4.54. The van der Waals surface area contributed by atoms with Crippen LogP contribution in [-0.2, 0) is 0 Å². The molecule has 3 heteroatoms. The van der Waals surface area contributed by atoms with Crippen LogP contribution in [0.2, 0.25) is 0 Å². The van der Waals surface area contributed by atoms with Gasteiger partial charge in [-0.15, -0.1) is 0 Å². The van der Waals surface area contributed by atoms with Gasteiger partial charge in [-0.25, -0.2) is 0 Å². The lowest BCUT2D eigenvalue weighted by Crippen LogP contribution is -2.18. The van der Waals surface area contributed by atoms with Crippen molar-refractivity contribution in [3.05, 3.63) is 18.0 Å². The molecule has 0 aromatic carbocycles. The predicted octanol–water partition coefficient (Wildman–Crippen LogP) is 3.30. The molecule has 0 amide bonds. The summed E-state index contributed by atoms with van der Waals surface area (Å²) in [6.45, 7) is 7.71. The van der Waals surface area contributed by atoms with Gasteiger partial charge >= 0.3 is 0 Å². The van der Waals surface area contributed by atoms with Crippen molar-refractivity contribution >= 4 is 0 Å². The highest BCUT2D eigenvalue weighted by Gasteiger charge is 2.20. The van der Waals surface area contributed by atoms with Crippen molar-refractivity contribution in [2.24, 2.45) is 5.92 Å². The molecular weight excluding hydrogens is 210 g/mol. The van der Waals surface area contributed by atoms with Crippen LogP contribution >= 0.6 is 0 Å². The van der Waals surface area contributed by atoms with E-state index in [-0.39, 0.29) is 0 Å². The maximum Gasteiger partial charge on any atom is 0.0537 e. The van der Waals surface area contributed by atoms with E-state index in [0.717, 1.165) is 12.5 Å². The third-order valence-electron chi connectivity index (χ3n) is 3.99. The number of aromatic nitrogens is 2. The summed E-state index contributed by atoms with van der Waals surface area (Å²) >= 11 is 0.